The van der Waals surface area contributed by atoms with E-state index in [9.17, 15) is 8.78 Å². The number of halogens is 2. The van der Waals surface area contributed by atoms with Crippen LogP contribution in [0.2, 0.25) is 0 Å². The summed E-state index contributed by atoms with van der Waals surface area (Å²) in [4.78, 5) is 2.68. The SMILES string of the molecule is CNc1c(F)c(F)c2[nH]ccc2c1C. The van der Waals surface area contributed by atoms with E-state index in [1.807, 2.05) is 0 Å². The van der Waals surface area contributed by atoms with E-state index in [4.69, 9.17) is 0 Å². The molecule has 0 radical (unpaired) electrons. The fraction of sp³-hybridized carbons (Fsp3) is 0.200. The Bertz CT molecular complexity index is 488. The molecule has 0 fully saturated rings. The van der Waals surface area contributed by atoms with Gasteiger partial charge >= 0.3 is 0 Å². The third kappa shape index (κ3) is 0.999. The molecule has 1 aromatic carbocycles. The van der Waals surface area contributed by atoms with Crippen molar-refractivity contribution in [1.82, 2.24) is 4.98 Å². The van der Waals surface area contributed by atoms with Crippen LogP contribution in [0.4, 0.5) is 14.5 Å². The molecule has 0 unspecified atom stereocenters. The number of hydrogen-bond acceptors (Lipinski definition) is 1. The van der Waals surface area contributed by atoms with Crippen LogP contribution in [0.1, 0.15) is 5.56 Å². The van der Waals surface area contributed by atoms with Crippen LogP contribution in [0.25, 0.3) is 10.9 Å². The van der Waals surface area contributed by atoms with E-state index < -0.39 is 11.6 Å². The van der Waals surface area contributed by atoms with E-state index in [-0.39, 0.29) is 11.2 Å². The van der Waals surface area contributed by atoms with Crippen LogP contribution in [0.3, 0.4) is 0 Å². The Kier molecular flexibility index (Phi) is 1.91. The summed E-state index contributed by atoms with van der Waals surface area (Å²) in [5, 5.41) is 3.36. The molecule has 0 spiro atoms. The molecule has 74 valence electrons. The van der Waals surface area contributed by atoms with Gasteiger partial charge in [0.1, 0.15) is 0 Å². The van der Waals surface area contributed by atoms with Gasteiger partial charge in [-0.3, -0.25) is 0 Å². The van der Waals surface area contributed by atoms with Gasteiger partial charge in [0.25, 0.3) is 0 Å². The number of nitrogens with one attached hydrogen (secondary N) is 2. The summed E-state index contributed by atoms with van der Waals surface area (Å²) in [6, 6.07) is 1.73. The molecule has 0 bridgehead atoms. The fourth-order valence-corrected chi connectivity index (χ4v) is 1.68. The Morgan fingerprint density at radius 1 is 1.29 bits per heavy atom. The molecule has 0 amide bonds. The normalized spacial score (nSPS) is 10.9. The summed E-state index contributed by atoms with van der Waals surface area (Å²) in [7, 11) is 1.57. The number of rotatable bonds is 1. The highest BCUT2D eigenvalue weighted by Gasteiger charge is 2.16. The second kappa shape index (κ2) is 2.97. The van der Waals surface area contributed by atoms with Gasteiger partial charge in [0, 0.05) is 18.6 Å². The molecule has 2 rings (SSSR count). The van der Waals surface area contributed by atoms with Crippen molar-refractivity contribution in [2.24, 2.45) is 0 Å². The molecular weight excluding hydrogens is 186 g/mol. The van der Waals surface area contributed by atoms with Crippen molar-refractivity contribution in [2.45, 2.75) is 6.92 Å². The number of aromatic amines is 1. The summed E-state index contributed by atoms with van der Waals surface area (Å²) in [5.74, 6) is -1.67. The van der Waals surface area contributed by atoms with Crippen molar-refractivity contribution in [1.29, 1.82) is 0 Å². The Hall–Kier alpha value is -1.58. The number of H-pyrrole nitrogens is 1. The molecule has 0 aliphatic carbocycles. The average molecular weight is 196 g/mol. The van der Waals surface area contributed by atoms with Crippen LogP contribution in [0.15, 0.2) is 12.3 Å². The summed E-state index contributed by atoms with van der Waals surface area (Å²) in [6.07, 6.45) is 1.60. The van der Waals surface area contributed by atoms with Gasteiger partial charge in [-0.05, 0) is 18.6 Å². The zero-order valence-electron chi connectivity index (χ0n) is 7.91. The van der Waals surface area contributed by atoms with E-state index >= 15 is 0 Å². The number of fused-ring (bicyclic) bond motifs is 1. The lowest BCUT2D eigenvalue weighted by Gasteiger charge is -2.08. The highest BCUT2D eigenvalue weighted by atomic mass is 19.2. The van der Waals surface area contributed by atoms with Crippen LogP contribution in [0.5, 0.6) is 0 Å². The van der Waals surface area contributed by atoms with Gasteiger partial charge in [-0.2, -0.15) is 0 Å². The Balaban J connectivity index is 2.94. The van der Waals surface area contributed by atoms with Crippen molar-refractivity contribution in [2.75, 3.05) is 12.4 Å². The Labute approximate surface area is 79.9 Å². The van der Waals surface area contributed by atoms with Gasteiger partial charge in [0.05, 0.1) is 11.2 Å². The molecule has 0 saturated carbocycles. The Morgan fingerprint density at radius 3 is 2.64 bits per heavy atom. The Morgan fingerprint density at radius 2 is 2.00 bits per heavy atom. The van der Waals surface area contributed by atoms with E-state index in [0.717, 1.165) is 0 Å². The number of aryl methyl sites for hydroxylation is 1. The average Bonchev–Trinajstić information content (AvgIpc) is 2.64. The molecule has 2 nitrogen and oxygen atoms in total. The molecule has 2 aromatic rings. The lowest BCUT2D eigenvalue weighted by atomic mass is 10.1. The third-order valence-corrected chi connectivity index (χ3v) is 2.41. The number of aromatic nitrogens is 1. The molecule has 0 atom stereocenters. The summed E-state index contributed by atoms with van der Waals surface area (Å²) < 4.78 is 26.8. The molecule has 0 saturated heterocycles. The highest BCUT2D eigenvalue weighted by molar-refractivity contribution is 5.88. The third-order valence-electron chi connectivity index (χ3n) is 2.41. The maximum atomic E-state index is 13.4. The maximum absolute atomic E-state index is 13.4. The first-order chi connectivity index (χ1) is 6.66. The molecule has 0 aliphatic rings. The molecule has 4 heteroatoms. The number of benzene rings is 1. The maximum Gasteiger partial charge on any atom is 0.184 e. The first kappa shape index (κ1) is 8.99. The molecule has 1 aromatic heterocycles. The van der Waals surface area contributed by atoms with E-state index in [1.54, 1.807) is 26.2 Å². The highest BCUT2D eigenvalue weighted by Crippen LogP contribution is 2.30. The second-order valence-corrected chi connectivity index (χ2v) is 3.14. The summed E-state index contributed by atoms with van der Waals surface area (Å²) >= 11 is 0. The lowest BCUT2D eigenvalue weighted by Crippen LogP contribution is -1.99. The zero-order valence-corrected chi connectivity index (χ0v) is 7.91. The minimum atomic E-state index is -0.833. The van der Waals surface area contributed by atoms with Gasteiger partial charge in [-0.1, -0.05) is 0 Å². The predicted molar refractivity (Wildman–Crippen MR) is 52.5 cm³/mol. The summed E-state index contributed by atoms with van der Waals surface area (Å²) in [5.41, 5.74) is 1.15. The van der Waals surface area contributed by atoms with Crippen LogP contribution in [-0.4, -0.2) is 12.0 Å². The van der Waals surface area contributed by atoms with Crippen LogP contribution >= 0.6 is 0 Å². The molecular formula is C10H10F2N2. The minimum Gasteiger partial charge on any atom is -0.385 e. The first-order valence-corrected chi connectivity index (χ1v) is 4.29. The van der Waals surface area contributed by atoms with Gasteiger partial charge in [0.2, 0.25) is 0 Å². The molecule has 2 N–H and O–H groups in total. The van der Waals surface area contributed by atoms with E-state index in [2.05, 4.69) is 10.3 Å². The van der Waals surface area contributed by atoms with E-state index in [0.29, 0.717) is 10.9 Å². The quantitative estimate of drug-likeness (QED) is 0.721. The lowest BCUT2D eigenvalue weighted by molar-refractivity contribution is 0.518. The standard InChI is InChI=1S/C10H10F2N2/c1-5-6-3-4-14-10(6)8(12)7(11)9(5)13-2/h3-4,13-14H,1-2H3. The topological polar surface area (TPSA) is 27.8 Å². The van der Waals surface area contributed by atoms with Crippen LogP contribution in [-0.2, 0) is 0 Å². The fourth-order valence-electron chi connectivity index (χ4n) is 1.68. The number of anilines is 1. The minimum absolute atomic E-state index is 0.217. The smallest absolute Gasteiger partial charge is 0.184 e. The molecule has 14 heavy (non-hydrogen) atoms. The summed E-state index contributed by atoms with van der Waals surface area (Å²) in [6.45, 7) is 1.75. The van der Waals surface area contributed by atoms with Gasteiger partial charge < -0.3 is 10.3 Å². The van der Waals surface area contributed by atoms with Crippen molar-refractivity contribution < 1.29 is 8.78 Å². The van der Waals surface area contributed by atoms with Crippen molar-refractivity contribution in [3.63, 3.8) is 0 Å². The predicted octanol–water partition coefficient (Wildman–Crippen LogP) is 2.80. The monoisotopic (exact) mass is 196 g/mol. The second-order valence-electron chi connectivity index (χ2n) is 3.14. The van der Waals surface area contributed by atoms with Gasteiger partial charge in [0.15, 0.2) is 11.6 Å². The van der Waals surface area contributed by atoms with Crippen LogP contribution < -0.4 is 5.32 Å². The van der Waals surface area contributed by atoms with Crippen molar-refractivity contribution in [3.05, 3.63) is 29.5 Å². The van der Waals surface area contributed by atoms with Gasteiger partial charge in [-0.15, -0.1) is 0 Å². The largest absolute Gasteiger partial charge is 0.385 e. The van der Waals surface area contributed by atoms with Gasteiger partial charge in [-0.25, -0.2) is 8.78 Å². The molecule has 1 heterocycles. The first-order valence-electron chi connectivity index (χ1n) is 4.29. The zero-order chi connectivity index (χ0) is 10.3. The molecule has 0 aliphatic heterocycles. The van der Waals surface area contributed by atoms with Crippen molar-refractivity contribution >= 4 is 16.6 Å². The van der Waals surface area contributed by atoms with Crippen molar-refractivity contribution in [3.8, 4) is 0 Å². The number of hydrogen-bond donors (Lipinski definition) is 2. The van der Waals surface area contributed by atoms with Crippen LogP contribution in [0, 0.1) is 18.6 Å². The van der Waals surface area contributed by atoms with E-state index in [1.165, 1.54) is 0 Å².